The third-order valence-corrected chi connectivity index (χ3v) is 3.16. The van der Waals surface area contributed by atoms with Gasteiger partial charge in [0.1, 0.15) is 12.5 Å². The monoisotopic (exact) mass is 362 g/mol. The molecule has 1 heterocycles. The second-order valence-electron chi connectivity index (χ2n) is 6.42. The predicted octanol–water partition coefficient (Wildman–Crippen LogP) is 0.398. The van der Waals surface area contributed by atoms with Crippen molar-refractivity contribution in [1.82, 2.24) is 0 Å². The molecule has 0 amide bonds. The van der Waals surface area contributed by atoms with Gasteiger partial charge in [-0.3, -0.25) is 20.2 Å². The molecule has 12 heteroatoms. The Hall–Kier alpha value is -2.92. The molecular weight excluding hydrogens is 344 g/mol. The molecule has 0 fully saturated rings. The molecule has 1 aliphatic heterocycles. The van der Waals surface area contributed by atoms with Crippen LogP contribution in [0.3, 0.4) is 0 Å². The second kappa shape index (κ2) is 6.91. The van der Waals surface area contributed by atoms with E-state index in [0.29, 0.717) is 0 Å². The fraction of sp³-hybridized carbons (Fsp3) is 0.692. The van der Waals surface area contributed by atoms with Crippen LogP contribution in [0.4, 0.5) is 0 Å². The average Bonchev–Trinajstić information content (AvgIpc) is 3.01. The number of ether oxygens (including phenoxy) is 4. The third-order valence-electron chi connectivity index (χ3n) is 3.16. The largest absolute Gasteiger partial charge is 0.452 e. The number of nitrogens with zero attached hydrogens (tertiary/aromatic N) is 2. The van der Waals surface area contributed by atoms with E-state index in [1.807, 2.05) is 0 Å². The molecule has 25 heavy (non-hydrogen) atoms. The third kappa shape index (κ3) is 4.33. The van der Waals surface area contributed by atoms with Gasteiger partial charge < -0.3 is 18.9 Å². The van der Waals surface area contributed by atoms with Crippen LogP contribution in [0.25, 0.3) is 0 Å². The van der Waals surface area contributed by atoms with Gasteiger partial charge >= 0.3 is 17.7 Å². The minimum absolute atomic E-state index is 0.666. The Morgan fingerprint density at radius 2 is 1.24 bits per heavy atom. The summed E-state index contributed by atoms with van der Waals surface area (Å²) in [6.45, 7) is 3.50. The van der Waals surface area contributed by atoms with E-state index in [9.17, 15) is 29.8 Å². The lowest BCUT2D eigenvalue weighted by atomic mass is 10.1. The van der Waals surface area contributed by atoms with Gasteiger partial charge in [0.15, 0.2) is 13.2 Å². The molecule has 1 aliphatic rings. The zero-order valence-corrected chi connectivity index (χ0v) is 14.0. The molecule has 0 N–H and O–H groups in total. The number of nitro groups is 2. The maximum absolute atomic E-state index is 12.2. The van der Waals surface area contributed by atoms with Crippen molar-refractivity contribution >= 4 is 11.9 Å². The zero-order valence-electron chi connectivity index (χ0n) is 14.0. The number of hydrogen-bond acceptors (Lipinski definition) is 10. The molecule has 140 valence electrons. The lowest BCUT2D eigenvalue weighted by Gasteiger charge is -2.25. The first-order chi connectivity index (χ1) is 11.3. The molecule has 1 rings (SSSR count). The number of carbonyl (C=O) groups is 2. The van der Waals surface area contributed by atoms with Crippen LogP contribution in [0.1, 0.15) is 27.7 Å². The van der Waals surface area contributed by atoms with E-state index in [4.69, 9.17) is 18.9 Å². The van der Waals surface area contributed by atoms with Crippen molar-refractivity contribution in [3.8, 4) is 0 Å². The van der Waals surface area contributed by atoms with E-state index < -0.39 is 51.9 Å². The highest BCUT2D eigenvalue weighted by Gasteiger charge is 2.57. The van der Waals surface area contributed by atoms with Crippen LogP contribution in [0.15, 0.2) is 12.5 Å². The van der Waals surface area contributed by atoms with Crippen LogP contribution < -0.4 is 0 Å². The summed E-state index contributed by atoms with van der Waals surface area (Å²) < 4.78 is 19.1. The molecule has 0 aromatic heterocycles. The highest BCUT2D eigenvalue weighted by molar-refractivity contribution is 6.02. The van der Waals surface area contributed by atoms with Crippen molar-refractivity contribution < 1.29 is 38.4 Å². The Morgan fingerprint density at radius 3 is 1.52 bits per heavy atom. The predicted molar refractivity (Wildman–Crippen MR) is 78.1 cm³/mol. The lowest BCUT2D eigenvalue weighted by Crippen LogP contribution is -2.52. The van der Waals surface area contributed by atoms with Gasteiger partial charge in [0.2, 0.25) is 11.1 Å². The van der Waals surface area contributed by atoms with Gasteiger partial charge in [-0.25, -0.2) is 9.59 Å². The Bertz CT molecular complexity index is 558. The fourth-order valence-electron chi connectivity index (χ4n) is 1.33. The van der Waals surface area contributed by atoms with Crippen molar-refractivity contribution in [1.29, 1.82) is 0 Å². The lowest BCUT2D eigenvalue weighted by molar-refractivity contribution is -0.563. The highest BCUT2D eigenvalue weighted by atomic mass is 16.8. The molecule has 0 unspecified atom stereocenters. The van der Waals surface area contributed by atoms with E-state index >= 15 is 0 Å². The maximum atomic E-state index is 12.2. The molecule has 12 nitrogen and oxygen atoms in total. The summed E-state index contributed by atoms with van der Waals surface area (Å²) in [5, 5.41) is 21.7. The number of carbonyl (C=O) groups excluding carboxylic acids is 2. The van der Waals surface area contributed by atoms with E-state index in [1.165, 1.54) is 27.7 Å². The molecule has 0 aromatic rings. The zero-order chi connectivity index (χ0) is 19.5. The maximum Gasteiger partial charge on any atom is 0.452 e. The molecule has 0 aliphatic carbocycles. The summed E-state index contributed by atoms with van der Waals surface area (Å²) >= 11 is 0. The Kier molecular flexibility index (Phi) is 5.56. The molecule has 0 radical (unpaired) electrons. The van der Waals surface area contributed by atoms with Gasteiger partial charge in [-0.15, -0.1) is 0 Å². The van der Waals surface area contributed by atoms with Crippen molar-refractivity contribution in [2.75, 3.05) is 13.2 Å². The van der Waals surface area contributed by atoms with Gasteiger partial charge in [0.25, 0.3) is 0 Å². The van der Waals surface area contributed by atoms with Gasteiger partial charge in [0, 0.05) is 37.5 Å². The van der Waals surface area contributed by atoms with Crippen LogP contribution in [-0.4, -0.2) is 51.9 Å². The van der Waals surface area contributed by atoms with E-state index in [2.05, 4.69) is 0 Å². The van der Waals surface area contributed by atoms with Crippen molar-refractivity contribution in [2.45, 2.75) is 44.6 Å². The minimum atomic E-state index is -2.65. The summed E-state index contributed by atoms with van der Waals surface area (Å²) in [6, 6.07) is 0. The molecule has 0 aromatic carbocycles. The van der Waals surface area contributed by atoms with Crippen molar-refractivity contribution in [3.63, 3.8) is 0 Å². The summed E-state index contributed by atoms with van der Waals surface area (Å²) in [5.74, 6) is -5.41. The number of hydrogen-bond donors (Lipinski definition) is 0. The first-order valence-corrected chi connectivity index (χ1v) is 6.99. The van der Waals surface area contributed by atoms with Crippen LogP contribution in [0.5, 0.6) is 0 Å². The summed E-state index contributed by atoms with van der Waals surface area (Å²) in [7, 11) is 0. The normalized spacial score (nSPS) is 15.7. The summed E-state index contributed by atoms with van der Waals surface area (Å²) in [5.41, 5.74) is -3.22. The van der Waals surface area contributed by atoms with Gasteiger partial charge in [-0.05, 0) is 0 Å². The number of esters is 2. The summed E-state index contributed by atoms with van der Waals surface area (Å²) in [4.78, 5) is 44.7. The van der Waals surface area contributed by atoms with Gasteiger partial charge in [-0.1, -0.05) is 0 Å². The average molecular weight is 362 g/mol. The van der Waals surface area contributed by atoms with Crippen LogP contribution in [-0.2, 0) is 28.5 Å². The molecule has 0 bridgehead atoms. The molecule has 0 saturated carbocycles. The topological polar surface area (TPSA) is 157 Å². The second-order valence-corrected chi connectivity index (χ2v) is 6.42. The van der Waals surface area contributed by atoms with Crippen LogP contribution in [0, 0.1) is 20.2 Å². The van der Waals surface area contributed by atoms with Gasteiger partial charge in [0.05, 0.1) is 0 Å². The first-order valence-electron chi connectivity index (χ1n) is 6.99. The first kappa shape index (κ1) is 20.1. The molecule has 0 spiro atoms. The quantitative estimate of drug-likeness (QED) is 0.256. The smallest absolute Gasteiger partial charge is 0.452 e. The molecular formula is C13H18N2O10. The Balaban J connectivity index is 2.82. The number of rotatable bonds is 8. The standard InChI is InChI=1S/C13H18N2O10/c1-11(2,14(18)19)7-22-9(16)13(24-5-6-25-13)10(17)23-8-12(3,4)15(20)21/h5-6H,7-8H2,1-4H3. The van der Waals surface area contributed by atoms with Crippen LogP contribution >= 0.6 is 0 Å². The van der Waals surface area contributed by atoms with Gasteiger partial charge in [-0.2, -0.15) is 0 Å². The van der Waals surface area contributed by atoms with Crippen molar-refractivity contribution in [2.24, 2.45) is 0 Å². The molecule has 0 atom stereocenters. The minimum Gasteiger partial charge on any atom is -0.452 e. The van der Waals surface area contributed by atoms with Crippen molar-refractivity contribution in [3.05, 3.63) is 32.8 Å². The van der Waals surface area contributed by atoms with E-state index in [-0.39, 0.29) is 0 Å². The fourth-order valence-corrected chi connectivity index (χ4v) is 1.33. The van der Waals surface area contributed by atoms with E-state index in [0.717, 1.165) is 12.5 Å². The highest BCUT2D eigenvalue weighted by Crippen LogP contribution is 2.25. The Morgan fingerprint density at radius 1 is 0.920 bits per heavy atom. The van der Waals surface area contributed by atoms with E-state index in [1.54, 1.807) is 0 Å². The van der Waals surface area contributed by atoms with Crippen LogP contribution in [0.2, 0.25) is 0 Å². The summed E-state index contributed by atoms with van der Waals surface area (Å²) in [6.07, 6.45) is 1.75. The molecule has 0 saturated heterocycles. The Labute approximate surface area is 142 Å². The SMILES string of the molecule is CC(C)(COC(=O)C1(C(=O)OCC(C)(C)[N+](=O)[O-])OC=CO1)[N+](=O)[O-].